The second-order valence-electron chi connectivity index (χ2n) is 4.46. The van der Waals surface area contributed by atoms with Crippen LogP contribution in [0.25, 0.3) is 0 Å². The predicted molar refractivity (Wildman–Crippen MR) is 85.7 cm³/mol. The molecule has 2 rings (SSSR count). The number of pyridine rings is 1. The van der Waals surface area contributed by atoms with Crippen molar-refractivity contribution in [3.8, 4) is 0 Å². The lowest BCUT2D eigenvalue weighted by Crippen LogP contribution is -2.21. The Kier molecular flexibility index (Phi) is 5.99. The van der Waals surface area contributed by atoms with Crippen LogP contribution in [0.5, 0.6) is 0 Å². The first kappa shape index (κ1) is 15.8. The molecule has 21 heavy (non-hydrogen) atoms. The summed E-state index contributed by atoms with van der Waals surface area (Å²) in [5.74, 6) is -0.0992. The van der Waals surface area contributed by atoms with E-state index in [1.807, 2.05) is 12.1 Å². The average molecular weight is 324 g/mol. The van der Waals surface area contributed by atoms with Gasteiger partial charge in [-0.15, -0.1) is 0 Å². The molecule has 0 aliphatic rings. The summed E-state index contributed by atoms with van der Waals surface area (Å²) >= 11 is 11.8. The van der Waals surface area contributed by atoms with Gasteiger partial charge in [0.15, 0.2) is 0 Å². The fourth-order valence-electron chi connectivity index (χ4n) is 1.74. The van der Waals surface area contributed by atoms with Gasteiger partial charge in [0, 0.05) is 36.9 Å². The van der Waals surface area contributed by atoms with Gasteiger partial charge < -0.3 is 10.6 Å². The third kappa shape index (κ3) is 5.34. The van der Waals surface area contributed by atoms with Crippen LogP contribution in [0.3, 0.4) is 0 Å². The Morgan fingerprint density at radius 1 is 1.24 bits per heavy atom. The Balaban J connectivity index is 1.72. The monoisotopic (exact) mass is 323 g/mol. The topological polar surface area (TPSA) is 54.0 Å². The van der Waals surface area contributed by atoms with Crippen LogP contribution in [0.4, 0.5) is 5.69 Å². The number of anilines is 1. The Bertz CT molecular complexity index is 605. The van der Waals surface area contributed by atoms with Gasteiger partial charge in [-0.25, -0.2) is 0 Å². The molecule has 1 amide bonds. The van der Waals surface area contributed by atoms with E-state index >= 15 is 0 Å². The van der Waals surface area contributed by atoms with Gasteiger partial charge in [-0.3, -0.25) is 9.78 Å². The lowest BCUT2D eigenvalue weighted by Gasteiger charge is -2.08. The number of benzene rings is 1. The van der Waals surface area contributed by atoms with E-state index in [1.165, 1.54) is 0 Å². The van der Waals surface area contributed by atoms with E-state index < -0.39 is 0 Å². The number of carbonyl (C=O) groups excluding carboxylic acids is 1. The zero-order chi connectivity index (χ0) is 15.1. The van der Waals surface area contributed by atoms with Crippen molar-refractivity contribution < 1.29 is 4.79 Å². The second-order valence-corrected chi connectivity index (χ2v) is 5.30. The van der Waals surface area contributed by atoms with E-state index in [0.717, 1.165) is 5.56 Å². The molecule has 0 aliphatic carbocycles. The molecule has 1 aromatic heterocycles. The summed E-state index contributed by atoms with van der Waals surface area (Å²) in [7, 11) is 0. The van der Waals surface area contributed by atoms with Crippen LogP contribution < -0.4 is 10.6 Å². The minimum Gasteiger partial charge on any atom is -0.325 e. The van der Waals surface area contributed by atoms with E-state index in [2.05, 4.69) is 15.6 Å². The van der Waals surface area contributed by atoms with E-state index in [0.29, 0.717) is 35.2 Å². The minimum atomic E-state index is -0.0992. The fraction of sp³-hybridized carbons (Fsp3) is 0.200. The number of nitrogens with one attached hydrogen (secondary N) is 2. The maximum Gasteiger partial charge on any atom is 0.225 e. The molecule has 110 valence electrons. The molecule has 1 aromatic carbocycles. The maximum atomic E-state index is 11.8. The molecule has 0 saturated carbocycles. The Morgan fingerprint density at radius 2 is 2.10 bits per heavy atom. The summed E-state index contributed by atoms with van der Waals surface area (Å²) in [5, 5.41) is 6.91. The molecule has 0 bridgehead atoms. The number of nitrogens with zero attached hydrogens (tertiary/aromatic N) is 1. The van der Waals surface area contributed by atoms with Crippen LogP contribution in [-0.4, -0.2) is 17.4 Å². The van der Waals surface area contributed by atoms with Crippen molar-refractivity contribution >= 4 is 34.8 Å². The molecule has 0 aliphatic heterocycles. The standard InChI is InChI=1S/C15H15Cl2N3O/c16-12-3-4-14(13(17)8-12)20-15(21)5-7-19-10-11-2-1-6-18-9-11/h1-4,6,8-9,19H,5,7,10H2,(H,20,21). The first-order chi connectivity index (χ1) is 10.1. The molecule has 6 heteroatoms. The Morgan fingerprint density at radius 3 is 2.81 bits per heavy atom. The number of amides is 1. The maximum absolute atomic E-state index is 11.8. The molecule has 0 atom stereocenters. The van der Waals surface area contributed by atoms with Crippen LogP contribution in [0, 0.1) is 0 Å². The van der Waals surface area contributed by atoms with Gasteiger partial charge >= 0.3 is 0 Å². The van der Waals surface area contributed by atoms with E-state index in [1.54, 1.807) is 30.6 Å². The molecule has 0 fully saturated rings. The minimum absolute atomic E-state index is 0.0992. The molecular weight excluding hydrogens is 309 g/mol. The summed E-state index contributed by atoms with van der Waals surface area (Å²) in [5.41, 5.74) is 1.65. The number of carbonyl (C=O) groups is 1. The van der Waals surface area contributed by atoms with Crippen molar-refractivity contribution in [3.63, 3.8) is 0 Å². The van der Waals surface area contributed by atoms with Crippen LogP contribution in [0.2, 0.25) is 10.0 Å². The normalized spacial score (nSPS) is 10.4. The van der Waals surface area contributed by atoms with Crippen LogP contribution in [-0.2, 0) is 11.3 Å². The summed E-state index contributed by atoms with van der Waals surface area (Å²) in [4.78, 5) is 15.8. The quantitative estimate of drug-likeness (QED) is 0.800. The van der Waals surface area contributed by atoms with Crippen molar-refractivity contribution in [3.05, 3.63) is 58.3 Å². The molecule has 0 radical (unpaired) electrons. The summed E-state index contributed by atoms with van der Waals surface area (Å²) in [6, 6.07) is 8.83. The highest BCUT2D eigenvalue weighted by Gasteiger charge is 2.06. The first-order valence-corrected chi connectivity index (χ1v) is 7.25. The largest absolute Gasteiger partial charge is 0.325 e. The first-order valence-electron chi connectivity index (χ1n) is 6.49. The Hall–Kier alpha value is -1.62. The highest BCUT2D eigenvalue weighted by molar-refractivity contribution is 6.36. The lowest BCUT2D eigenvalue weighted by atomic mass is 10.2. The zero-order valence-electron chi connectivity index (χ0n) is 11.3. The van der Waals surface area contributed by atoms with Gasteiger partial charge in [0.2, 0.25) is 5.91 Å². The molecule has 4 nitrogen and oxygen atoms in total. The number of hydrogen-bond acceptors (Lipinski definition) is 3. The van der Waals surface area contributed by atoms with Gasteiger partial charge in [-0.2, -0.15) is 0 Å². The van der Waals surface area contributed by atoms with Crippen molar-refractivity contribution in [2.45, 2.75) is 13.0 Å². The molecule has 1 heterocycles. The smallest absolute Gasteiger partial charge is 0.225 e. The van der Waals surface area contributed by atoms with Gasteiger partial charge in [0.25, 0.3) is 0 Å². The van der Waals surface area contributed by atoms with Gasteiger partial charge in [-0.05, 0) is 29.8 Å². The van der Waals surface area contributed by atoms with E-state index in [-0.39, 0.29) is 5.91 Å². The SMILES string of the molecule is O=C(CCNCc1cccnc1)Nc1ccc(Cl)cc1Cl. The highest BCUT2D eigenvalue weighted by atomic mass is 35.5. The molecule has 0 spiro atoms. The third-order valence-electron chi connectivity index (χ3n) is 2.79. The molecule has 2 N–H and O–H groups in total. The number of aromatic nitrogens is 1. The van der Waals surface area contributed by atoms with Gasteiger partial charge in [0.05, 0.1) is 10.7 Å². The van der Waals surface area contributed by atoms with Crippen molar-refractivity contribution in [2.75, 3.05) is 11.9 Å². The Labute approximate surface area is 133 Å². The van der Waals surface area contributed by atoms with Crippen molar-refractivity contribution in [2.24, 2.45) is 0 Å². The van der Waals surface area contributed by atoms with Crippen molar-refractivity contribution in [1.29, 1.82) is 0 Å². The highest BCUT2D eigenvalue weighted by Crippen LogP contribution is 2.25. The number of halogens is 2. The molecule has 2 aromatic rings. The van der Waals surface area contributed by atoms with E-state index in [9.17, 15) is 4.79 Å². The summed E-state index contributed by atoms with van der Waals surface area (Å²) in [6.45, 7) is 1.26. The number of rotatable bonds is 6. The van der Waals surface area contributed by atoms with Crippen molar-refractivity contribution in [1.82, 2.24) is 10.3 Å². The average Bonchev–Trinajstić information content (AvgIpc) is 2.48. The lowest BCUT2D eigenvalue weighted by molar-refractivity contribution is -0.116. The fourth-order valence-corrected chi connectivity index (χ4v) is 2.20. The molecule has 0 unspecified atom stereocenters. The predicted octanol–water partition coefficient (Wildman–Crippen LogP) is 3.51. The number of hydrogen-bond donors (Lipinski definition) is 2. The van der Waals surface area contributed by atoms with Crippen LogP contribution >= 0.6 is 23.2 Å². The second kappa shape index (κ2) is 7.98. The third-order valence-corrected chi connectivity index (χ3v) is 3.33. The molecular formula is C15H15Cl2N3O. The van der Waals surface area contributed by atoms with E-state index in [4.69, 9.17) is 23.2 Å². The van der Waals surface area contributed by atoms with Crippen LogP contribution in [0.1, 0.15) is 12.0 Å². The zero-order valence-corrected chi connectivity index (χ0v) is 12.8. The van der Waals surface area contributed by atoms with Crippen LogP contribution in [0.15, 0.2) is 42.7 Å². The molecule has 0 saturated heterocycles. The summed E-state index contributed by atoms with van der Waals surface area (Å²) in [6.07, 6.45) is 3.88. The van der Waals surface area contributed by atoms with Gasteiger partial charge in [0.1, 0.15) is 0 Å². The van der Waals surface area contributed by atoms with Gasteiger partial charge in [-0.1, -0.05) is 29.3 Å². The summed E-state index contributed by atoms with van der Waals surface area (Å²) < 4.78 is 0.